The fourth-order valence-corrected chi connectivity index (χ4v) is 3.16. The summed E-state index contributed by atoms with van der Waals surface area (Å²) in [6.07, 6.45) is 1.74. The second-order valence-electron chi connectivity index (χ2n) is 6.03. The number of fused-ring (bicyclic) bond motifs is 1. The molecule has 130 valence electrons. The molecule has 26 heavy (non-hydrogen) atoms. The van der Waals surface area contributed by atoms with Crippen LogP contribution in [-0.2, 0) is 6.54 Å². The van der Waals surface area contributed by atoms with Gasteiger partial charge in [0.2, 0.25) is 0 Å². The summed E-state index contributed by atoms with van der Waals surface area (Å²) >= 11 is 0. The van der Waals surface area contributed by atoms with Crippen LogP contribution in [0.1, 0.15) is 15.9 Å². The molecule has 2 aromatic carbocycles. The van der Waals surface area contributed by atoms with Gasteiger partial charge in [-0.25, -0.2) is 4.98 Å². The molecule has 0 unspecified atom stereocenters. The van der Waals surface area contributed by atoms with E-state index < -0.39 is 0 Å². The molecule has 0 bridgehead atoms. The fourth-order valence-electron chi connectivity index (χ4n) is 3.16. The smallest absolute Gasteiger partial charge is 0.254 e. The average molecular weight is 346 g/mol. The lowest BCUT2D eigenvalue weighted by Crippen LogP contribution is -2.13. The first-order chi connectivity index (χ1) is 12.7. The number of carbonyl (C=O) groups excluding carboxylic acids is 1. The van der Waals surface area contributed by atoms with Crippen LogP contribution in [0.15, 0.2) is 54.7 Å². The molecule has 4 N–H and O–H groups in total. The molecule has 0 saturated carbocycles. The zero-order valence-corrected chi connectivity index (χ0v) is 14.2. The van der Waals surface area contributed by atoms with E-state index in [0.717, 1.165) is 28.1 Å². The Morgan fingerprint density at radius 2 is 2.08 bits per heavy atom. The van der Waals surface area contributed by atoms with E-state index in [2.05, 4.69) is 15.6 Å². The van der Waals surface area contributed by atoms with Gasteiger partial charge in [-0.2, -0.15) is 0 Å². The van der Waals surface area contributed by atoms with Crippen molar-refractivity contribution in [2.75, 3.05) is 18.2 Å². The molecule has 1 amide bonds. The zero-order valence-electron chi connectivity index (χ0n) is 14.2. The second kappa shape index (κ2) is 6.40. The maximum absolute atomic E-state index is 12.0. The van der Waals surface area contributed by atoms with Crippen molar-refractivity contribution in [1.82, 2.24) is 10.3 Å². The normalized spacial score (nSPS) is 12.4. The molecule has 0 spiro atoms. The van der Waals surface area contributed by atoms with Crippen LogP contribution in [0.5, 0.6) is 5.75 Å². The van der Waals surface area contributed by atoms with Gasteiger partial charge in [-0.1, -0.05) is 12.1 Å². The number of benzene rings is 2. The third kappa shape index (κ3) is 2.82. The molecule has 0 saturated heterocycles. The third-order valence-corrected chi connectivity index (χ3v) is 4.41. The van der Waals surface area contributed by atoms with Crippen LogP contribution in [0.2, 0.25) is 0 Å². The topological polar surface area (TPSA) is 89.3 Å². The number of anilines is 3. The van der Waals surface area contributed by atoms with E-state index in [0.29, 0.717) is 23.6 Å². The Kier molecular flexibility index (Phi) is 3.93. The number of amides is 1. The van der Waals surface area contributed by atoms with Gasteiger partial charge in [-0.3, -0.25) is 4.79 Å². The zero-order chi connectivity index (χ0) is 18.1. The van der Waals surface area contributed by atoms with E-state index in [4.69, 9.17) is 10.5 Å². The predicted molar refractivity (Wildman–Crippen MR) is 102 cm³/mol. The molecule has 2 heterocycles. The van der Waals surface area contributed by atoms with Crippen LogP contribution in [0, 0.1) is 0 Å². The van der Waals surface area contributed by atoms with Gasteiger partial charge in [0.15, 0.2) is 0 Å². The van der Waals surface area contributed by atoms with Gasteiger partial charge in [0, 0.05) is 30.2 Å². The van der Waals surface area contributed by atoms with Gasteiger partial charge in [-0.15, -0.1) is 0 Å². The van der Waals surface area contributed by atoms with Crippen molar-refractivity contribution in [3.63, 3.8) is 0 Å². The number of ether oxygens (including phenoxy) is 1. The van der Waals surface area contributed by atoms with Crippen LogP contribution in [0.3, 0.4) is 0 Å². The first-order valence-electron chi connectivity index (χ1n) is 8.23. The number of carbonyl (C=O) groups is 1. The van der Waals surface area contributed by atoms with Crippen LogP contribution >= 0.6 is 0 Å². The van der Waals surface area contributed by atoms with E-state index in [1.165, 1.54) is 0 Å². The van der Waals surface area contributed by atoms with E-state index in [-0.39, 0.29) is 5.91 Å². The monoisotopic (exact) mass is 346 g/mol. The molecule has 0 fully saturated rings. The van der Waals surface area contributed by atoms with Crippen molar-refractivity contribution in [1.29, 1.82) is 0 Å². The Bertz CT molecular complexity index is 1000. The standard InChI is InChI=1S/C20H18N4O2/c1-26-14-4-2-3-13(10-14)24-18-9-12(7-8-22-18)15-5-6-17(21)19-16(15)11-23-20(19)25/h2-10H,11,21H2,1H3,(H,22,24)(H,23,25). The maximum atomic E-state index is 12.0. The van der Waals surface area contributed by atoms with Crippen molar-refractivity contribution in [2.45, 2.75) is 6.54 Å². The van der Waals surface area contributed by atoms with E-state index in [1.807, 2.05) is 42.5 Å². The Balaban J connectivity index is 1.70. The maximum Gasteiger partial charge on any atom is 0.254 e. The number of nitrogens with zero attached hydrogens (tertiary/aromatic N) is 1. The molecule has 0 radical (unpaired) electrons. The first kappa shape index (κ1) is 16.0. The highest BCUT2D eigenvalue weighted by Crippen LogP contribution is 2.33. The number of methoxy groups -OCH3 is 1. The summed E-state index contributed by atoms with van der Waals surface area (Å²) in [5.41, 5.74) is 10.8. The molecular weight excluding hydrogens is 328 g/mol. The van der Waals surface area contributed by atoms with Crippen molar-refractivity contribution in [3.8, 4) is 16.9 Å². The van der Waals surface area contributed by atoms with Gasteiger partial charge in [0.25, 0.3) is 5.91 Å². The summed E-state index contributed by atoms with van der Waals surface area (Å²) in [5.74, 6) is 1.36. The first-order valence-corrected chi connectivity index (χ1v) is 8.23. The molecule has 4 rings (SSSR count). The number of aromatic nitrogens is 1. The Hall–Kier alpha value is -3.54. The van der Waals surface area contributed by atoms with Crippen molar-refractivity contribution >= 4 is 23.1 Å². The molecule has 0 aliphatic carbocycles. The molecular formula is C20H18N4O2. The SMILES string of the molecule is COc1cccc(Nc2cc(-c3ccc(N)c4c3CNC4=O)ccn2)c1. The quantitative estimate of drug-likeness (QED) is 0.631. The number of rotatable bonds is 4. The predicted octanol–water partition coefficient (Wildman–Crippen LogP) is 3.33. The highest BCUT2D eigenvalue weighted by atomic mass is 16.5. The molecule has 6 heteroatoms. The summed E-state index contributed by atoms with van der Waals surface area (Å²) in [4.78, 5) is 16.4. The highest BCUT2D eigenvalue weighted by Gasteiger charge is 2.24. The molecule has 6 nitrogen and oxygen atoms in total. The summed E-state index contributed by atoms with van der Waals surface area (Å²) in [6, 6.07) is 15.2. The Morgan fingerprint density at radius 3 is 2.92 bits per heavy atom. The van der Waals surface area contributed by atoms with E-state index in [9.17, 15) is 4.79 Å². The van der Waals surface area contributed by atoms with Crippen LogP contribution in [-0.4, -0.2) is 18.0 Å². The summed E-state index contributed by atoms with van der Waals surface area (Å²) in [7, 11) is 1.63. The van der Waals surface area contributed by atoms with Crippen LogP contribution in [0.4, 0.5) is 17.2 Å². The number of nitrogen functional groups attached to an aromatic ring is 1. The largest absolute Gasteiger partial charge is 0.497 e. The number of pyridine rings is 1. The average Bonchev–Trinajstić information content (AvgIpc) is 3.05. The summed E-state index contributed by atoms with van der Waals surface area (Å²) in [6.45, 7) is 0.482. The van der Waals surface area contributed by atoms with E-state index >= 15 is 0 Å². The molecule has 1 aliphatic rings. The third-order valence-electron chi connectivity index (χ3n) is 4.41. The van der Waals surface area contributed by atoms with Crippen molar-refractivity contribution in [2.24, 2.45) is 0 Å². The number of hydrogen-bond donors (Lipinski definition) is 3. The van der Waals surface area contributed by atoms with Gasteiger partial charge < -0.3 is 21.1 Å². The molecule has 1 aromatic heterocycles. The van der Waals surface area contributed by atoms with Gasteiger partial charge >= 0.3 is 0 Å². The lowest BCUT2D eigenvalue weighted by molar-refractivity contribution is 0.0966. The van der Waals surface area contributed by atoms with Crippen LogP contribution in [0.25, 0.3) is 11.1 Å². The summed E-state index contributed by atoms with van der Waals surface area (Å²) < 4.78 is 5.25. The van der Waals surface area contributed by atoms with Crippen molar-refractivity contribution < 1.29 is 9.53 Å². The summed E-state index contributed by atoms with van der Waals surface area (Å²) in [5, 5.41) is 6.12. The minimum Gasteiger partial charge on any atom is -0.497 e. The lowest BCUT2D eigenvalue weighted by atomic mass is 9.96. The molecule has 3 aromatic rings. The number of hydrogen-bond acceptors (Lipinski definition) is 5. The highest BCUT2D eigenvalue weighted by molar-refractivity contribution is 6.05. The second-order valence-corrected chi connectivity index (χ2v) is 6.03. The lowest BCUT2D eigenvalue weighted by Gasteiger charge is -2.12. The van der Waals surface area contributed by atoms with Crippen molar-refractivity contribution in [3.05, 3.63) is 65.9 Å². The van der Waals surface area contributed by atoms with Gasteiger partial charge in [0.1, 0.15) is 11.6 Å². The fraction of sp³-hybridized carbons (Fsp3) is 0.100. The van der Waals surface area contributed by atoms with E-state index in [1.54, 1.807) is 19.4 Å². The Morgan fingerprint density at radius 1 is 1.19 bits per heavy atom. The minimum absolute atomic E-state index is 0.122. The minimum atomic E-state index is -0.122. The molecule has 0 atom stereocenters. The van der Waals surface area contributed by atoms with Gasteiger partial charge in [-0.05, 0) is 47.0 Å². The van der Waals surface area contributed by atoms with Crippen LogP contribution < -0.4 is 21.1 Å². The number of nitrogens with two attached hydrogens (primary N) is 1. The number of nitrogens with one attached hydrogen (secondary N) is 2. The molecule has 1 aliphatic heterocycles. The van der Waals surface area contributed by atoms with Gasteiger partial charge in [0.05, 0.1) is 12.7 Å². The Labute approximate surface area is 151 Å².